The Morgan fingerprint density at radius 2 is 1.97 bits per heavy atom. The van der Waals surface area contributed by atoms with E-state index < -0.39 is 0 Å². The number of carbonyl (C=O) groups excluding carboxylic acids is 1. The van der Waals surface area contributed by atoms with Gasteiger partial charge in [0, 0.05) is 25.3 Å². The van der Waals surface area contributed by atoms with Gasteiger partial charge in [-0.2, -0.15) is 5.10 Å². The van der Waals surface area contributed by atoms with Gasteiger partial charge in [-0.3, -0.25) is 4.79 Å². The van der Waals surface area contributed by atoms with Crippen LogP contribution >= 0.6 is 11.8 Å². The number of fused-ring (bicyclic) bond motifs is 1. The number of carbonyl (C=O) groups is 1. The SMILES string of the molecule is CCOCCNc1nc(SCC)nc2c1cnn2CCNC(=O)c1ccc(C)cc1. The molecule has 8 nitrogen and oxygen atoms in total. The molecule has 0 atom stereocenters. The molecule has 3 aromatic rings. The second kappa shape index (κ2) is 10.9. The zero-order chi connectivity index (χ0) is 21.3. The standard InChI is InChI=1S/C21H28N6O2S/c1-4-29-13-11-22-18-17-14-24-27(19(17)26-21(25-18)30-5-2)12-10-23-20(28)16-8-6-15(3)7-9-16/h6-9,14H,4-5,10-13H2,1-3H3,(H,23,28)(H,22,25,26). The second-order valence-electron chi connectivity index (χ2n) is 6.64. The van der Waals surface area contributed by atoms with Crippen LogP contribution in [-0.2, 0) is 11.3 Å². The number of nitrogens with zero attached hydrogens (tertiary/aromatic N) is 4. The number of benzene rings is 1. The molecule has 2 aromatic heterocycles. The highest BCUT2D eigenvalue weighted by Gasteiger charge is 2.13. The number of aryl methyl sites for hydroxylation is 1. The van der Waals surface area contributed by atoms with Crippen LogP contribution in [0, 0.1) is 6.92 Å². The Kier molecular flexibility index (Phi) is 8.04. The molecule has 0 radical (unpaired) electrons. The number of hydrogen-bond acceptors (Lipinski definition) is 7. The summed E-state index contributed by atoms with van der Waals surface area (Å²) < 4.78 is 7.20. The maximum atomic E-state index is 12.3. The first-order valence-electron chi connectivity index (χ1n) is 10.1. The molecule has 0 spiro atoms. The molecular weight excluding hydrogens is 400 g/mol. The van der Waals surface area contributed by atoms with Crippen molar-refractivity contribution in [1.29, 1.82) is 0 Å². The van der Waals surface area contributed by atoms with E-state index in [4.69, 9.17) is 4.74 Å². The summed E-state index contributed by atoms with van der Waals surface area (Å²) >= 11 is 1.58. The van der Waals surface area contributed by atoms with Gasteiger partial charge in [0.15, 0.2) is 10.8 Å². The van der Waals surface area contributed by atoms with Crippen LogP contribution in [0.2, 0.25) is 0 Å². The quantitative estimate of drug-likeness (QED) is 0.275. The Morgan fingerprint density at radius 3 is 2.70 bits per heavy atom. The molecule has 1 aromatic carbocycles. The third-order valence-electron chi connectivity index (χ3n) is 4.42. The van der Waals surface area contributed by atoms with Crippen LogP contribution in [-0.4, -0.2) is 57.7 Å². The highest BCUT2D eigenvalue weighted by atomic mass is 32.2. The molecular formula is C21H28N6O2S. The van der Waals surface area contributed by atoms with Gasteiger partial charge < -0.3 is 15.4 Å². The number of aromatic nitrogens is 4. The van der Waals surface area contributed by atoms with E-state index in [2.05, 4.69) is 32.6 Å². The topological polar surface area (TPSA) is 94.0 Å². The average Bonchev–Trinajstić information content (AvgIpc) is 3.15. The average molecular weight is 429 g/mol. The summed E-state index contributed by atoms with van der Waals surface area (Å²) in [6, 6.07) is 7.52. The van der Waals surface area contributed by atoms with Gasteiger partial charge in [0.2, 0.25) is 0 Å². The molecule has 0 aliphatic heterocycles. The molecule has 2 N–H and O–H groups in total. The highest BCUT2D eigenvalue weighted by Crippen LogP contribution is 2.24. The zero-order valence-electron chi connectivity index (χ0n) is 17.6. The molecule has 0 aliphatic carbocycles. The number of amides is 1. The van der Waals surface area contributed by atoms with E-state index in [1.807, 2.05) is 38.1 Å². The van der Waals surface area contributed by atoms with Crippen LogP contribution in [0.5, 0.6) is 0 Å². The number of ether oxygens (including phenoxy) is 1. The van der Waals surface area contributed by atoms with E-state index in [1.165, 1.54) is 0 Å². The van der Waals surface area contributed by atoms with Crippen LogP contribution in [0.4, 0.5) is 5.82 Å². The second-order valence-corrected chi connectivity index (χ2v) is 7.87. The number of anilines is 1. The molecule has 9 heteroatoms. The summed E-state index contributed by atoms with van der Waals surface area (Å²) in [6.07, 6.45) is 1.76. The predicted octanol–water partition coefficient (Wildman–Crippen LogP) is 3.13. The van der Waals surface area contributed by atoms with Gasteiger partial charge in [0.25, 0.3) is 5.91 Å². The minimum atomic E-state index is -0.0957. The molecule has 3 rings (SSSR count). The van der Waals surface area contributed by atoms with E-state index in [9.17, 15) is 4.79 Å². The first-order valence-corrected chi connectivity index (χ1v) is 11.1. The molecule has 2 heterocycles. The zero-order valence-corrected chi connectivity index (χ0v) is 18.5. The Hall–Kier alpha value is -2.65. The largest absolute Gasteiger partial charge is 0.380 e. The third-order valence-corrected chi connectivity index (χ3v) is 5.14. The minimum absolute atomic E-state index is 0.0957. The van der Waals surface area contributed by atoms with Crippen LogP contribution in [0.15, 0.2) is 35.6 Å². The molecule has 0 saturated heterocycles. The Balaban J connectivity index is 1.69. The van der Waals surface area contributed by atoms with Crippen molar-refractivity contribution in [2.24, 2.45) is 0 Å². The van der Waals surface area contributed by atoms with Crippen molar-refractivity contribution in [2.45, 2.75) is 32.5 Å². The summed E-state index contributed by atoms with van der Waals surface area (Å²) in [6.45, 7) is 8.97. The molecule has 160 valence electrons. The van der Waals surface area contributed by atoms with Crippen molar-refractivity contribution in [3.8, 4) is 0 Å². The first kappa shape index (κ1) is 22.0. The normalized spacial score (nSPS) is 11.0. The lowest BCUT2D eigenvalue weighted by Gasteiger charge is -2.10. The van der Waals surface area contributed by atoms with Gasteiger partial charge in [-0.25, -0.2) is 14.6 Å². The number of rotatable bonds is 11. The maximum Gasteiger partial charge on any atom is 0.251 e. The third kappa shape index (κ3) is 5.70. The molecule has 0 aliphatic rings. The van der Waals surface area contributed by atoms with E-state index >= 15 is 0 Å². The van der Waals surface area contributed by atoms with Crippen molar-refractivity contribution >= 4 is 34.5 Å². The lowest BCUT2D eigenvalue weighted by molar-refractivity contribution is 0.0952. The van der Waals surface area contributed by atoms with Crippen molar-refractivity contribution < 1.29 is 9.53 Å². The van der Waals surface area contributed by atoms with Gasteiger partial charge in [-0.1, -0.05) is 36.4 Å². The van der Waals surface area contributed by atoms with Crippen LogP contribution < -0.4 is 10.6 Å². The maximum absolute atomic E-state index is 12.3. The Labute approximate surface area is 180 Å². The van der Waals surface area contributed by atoms with Gasteiger partial charge in [-0.05, 0) is 31.7 Å². The molecule has 0 unspecified atom stereocenters. The van der Waals surface area contributed by atoms with Crippen LogP contribution in [0.25, 0.3) is 11.0 Å². The smallest absolute Gasteiger partial charge is 0.251 e. The van der Waals surface area contributed by atoms with Crippen molar-refractivity contribution in [3.05, 3.63) is 41.6 Å². The van der Waals surface area contributed by atoms with E-state index in [1.54, 1.807) is 22.6 Å². The summed E-state index contributed by atoms with van der Waals surface area (Å²) in [5.41, 5.74) is 2.53. The molecule has 1 amide bonds. The first-order chi connectivity index (χ1) is 14.6. The molecule has 30 heavy (non-hydrogen) atoms. The fraction of sp³-hybridized carbons (Fsp3) is 0.429. The molecule has 0 fully saturated rings. The monoisotopic (exact) mass is 428 g/mol. The van der Waals surface area contributed by atoms with Gasteiger partial charge in [0.05, 0.1) is 24.7 Å². The van der Waals surface area contributed by atoms with E-state index in [-0.39, 0.29) is 5.91 Å². The number of hydrogen-bond donors (Lipinski definition) is 2. The van der Waals surface area contributed by atoms with Gasteiger partial charge in [0.1, 0.15) is 5.82 Å². The van der Waals surface area contributed by atoms with E-state index in [0.717, 1.165) is 28.2 Å². The highest BCUT2D eigenvalue weighted by molar-refractivity contribution is 7.99. The number of nitrogens with one attached hydrogen (secondary N) is 2. The van der Waals surface area contributed by atoms with Crippen molar-refractivity contribution in [3.63, 3.8) is 0 Å². The van der Waals surface area contributed by atoms with Crippen LogP contribution in [0.3, 0.4) is 0 Å². The van der Waals surface area contributed by atoms with Crippen molar-refractivity contribution in [2.75, 3.05) is 37.4 Å². The summed E-state index contributed by atoms with van der Waals surface area (Å²) in [5, 5.41) is 12.3. The lowest BCUT2D eigenvalue weighted by atomic mass is 10.1. The Bertz CT molecular complexity index is 974. The summed E-state index contributed by atoms with van der Waals surface area (Å²) in [7, 11) is 0. The summed E-state index contributed by atoms with van der Waals surface area (Å²) in [5.74, 6) is 1.54. The number of thioether (sulfide) groups is 1. The summed E-state index contributed by atoms with van der Waals surface area (Å²) in [4.78, 5) is 21.6. The van der Waals surface area contributed by atoms with Gasteiger partial charge in [-0.15, -0.1) is 0 Å². The fourth-order valence-electron chi connectivity index (χ4n) is 2.90. The van der Waals surface area contributed by atoms with Crippen LogP contribution in [0.1, 0.15) is 29.8 Å². The molecule has 0 saturated carbocycles. The lowest BCUT2D eigenvalue weighted by Crippen LogP contribution is -2.27. The predicted molar refractivity (Wildman–Crippen MR) is 120 cm³/mol. The fourth-order valence-corrected chi connectivity index (χ4v) is 3.46. The minimum Gasteiger partial charge on any atom is -0.380 e. The van der Waals surface area contributed by atoms with E-state index in [0.29, 0.717) is 43.6 Å². The molecule has 0 bridgehead atoms. The van der Waals surface area contributed by atoms with Crippen molar-refractivity contribution in [1.82, 2.24) is 25.1 Å². The van der Waals surface area contributed by atoms with Gasteiger partial charge >= 0.3 is 0 Å². The Morgan fingerprint density at radius 1 is 1.17 bits per heavy atom.